The highest BCUT2D eigenvalue weighted by atomic mass is 35.5. The van der Waals surface area contributed by atoms with Gasteiger partial charge in [-0.25, -0.2) is 13.8 Å². The third-order valence-electron chi connectivity index (χ3n) is 5.32. The van der Waals surface area contributed by atoms with Crippen LogP contribution in [0.25, 0.3) is 0 Å². The molecule has 0 aliphatic rings. The Morgan fingerprint density at radius 1 is 1.08 bits per heavy atom. The molecule has 0 aliphatic carbocycles. The van der Waals surface area contributed by atoms with Gasteiger partial charge in [-0.15, -0.1) is 0 Å². The normalized spacial score (nSPS) is 11.5. The van der Waals surface area contributed by atoms with E-state index in [-0.39, 0.29) is 21.5 Å². The highest BCUT2D eigenvalue weighted by Gasteiger charge is 2.28. The number of carbonyl (C=O) groups excluding carboxylic acids is 1. The van der Waals surface area contributed by atoms with Crippen LogP contribution in [0, 0.1) is 6.92 Å². The fraction of sp³-hybridized carbons (Fsp3) is 0.185. The molecule has 0 bridgehead atoms. The minimum atomic E-state index is -4.08. The second-order valence-corrected chi connectivity index (χ2v) is 10.8. The number of hydrogen-bond acceptors (Lipinski definition) is 6. The number of methoxy groups -OCH3 is 1. The lowest BCUT2D eigenvalue weighted by Crippen LogP contribution is -2.39. The van der Waals surface area contributed by atoms with Gasteiger partial charge in [0.05, 0.1) is 24.8 Å². The minimum absolute atomic E-state index is 0.0356. The molecular weight excluding hydrogens is 549 g/mol. The summed E-state index contributed by atoms with van der Waals surface area (Å²) in [7, 11) is -2.57. The first-order chi connectivity index (χ1) is 18.1. The molecule has 8 nitrogen and oxygen atoms in total. The van der Waals surface area contributed by atoms with Crippen LogP contribution in [-0.4, -0.2) is 45.1 Å². The van der Waals surface area contributed by atoms with Gasteiger partial charge in [-0.2, -0.15) is 9.41 Å². The van der Waals surface area contributed by atoms with E-state index in [0.29, 0.717) is 29.2 Å². The standard InChI is InChI=1S/C27H27Cl2N3O5S/c1-4-14-37-25-13-10-20(15-26(25)36-3)16-30-31-27(33)18-32(17-22-23(28)6-5-7-24(22)29)38(34,35)21-11-8-19(2)9-12-21/h4-13,15-16H,1,14,17-18H2,2-3H3,(H,31,33)/b30-16-. The van der Waals surface area contributed by atoms with Crippen LogP contribution in [0.2, 0.25) is 10.0 Å². The summed E-state index contributed by atoms with van der Waals surface area (Å²) in [6.07, 6.45) is 3.02. The summed E-state index contributed by atoms with van der Waals surface area (Å²) in [4.78, 5) is 12.8. The Morgan fingerprint density at radius 3 is 2.39 bits per heavy atom. The maximum atomic E-state index is 13.5. The van der Waals surface area contributed by atoms with Crippen molar-refractivity contribution in [3.05, 3.63) is 100 Å². The molecule has 3 aromatic rings. The van der Waals surface area contributed by atoms with Gasteiger partial charge in [-0.1, -0.05) is 59.6 Å². The van der Waals surface area contributed by atoms with Crippen LogP contribution in [-0.2, 0) is 21.4 Å². The largest absolute Gasteiger partial charge is 0.493 e. The van der Waals surface area contributed by atoms with Gasteiger partial charge in [0, 0.05) is 22.2 Å². The van der Waals surface area contributed by atoms with Crippen molar-refractivity contribution in [2.75, 3.05) is 20.3 Å². The average molecular weight is 577 g/mol. The minimum Gasteiger partial charge on any atom is -0.493 e. The average Bonchev–Trinajstić information content (AvgIpc) is 2.89. The van der Waals surface area contributed by atoms with E-state index in [1.807, 2.05) is 6.92 Å². The maximum Gasteiger partial charge on any atom is 0.255 e. The third kappa shape index (κ3) is 7.58. The molecule has 1 amide bonds. The first kappa shape index (κ1) is 29.2. The van der Waals surface area contributed by atoms with Crippen molar-refractivity contribution in [2.45, 2.75) is 18.4 Å². The Morgan fingerprint density at radius 2 is 1.76 bits per heavy atom. The molecule has 3 rings (SSSR count). The lowest BCUT2D eigenvalue weighted by molar-refractivity contribution is -0.121. The first-order valence-electron chi connectivity index (χ1n) is 11.4. The Kier molecular flexibility index (Phi) is 10.3. The van der Waals surface area contributed by atoms with Crippen LogP contribution in [0.15, 0.2) is 83.3 Å². The fourth-order valence-electron chi connectivity index (χ4n) is 3.35. The molecule has 0 heterocycles. The summed E-state index contributed by atoms with van der Waals surface area (Å²) in [6.45, 7) is 5.05. The molecular formula is C27H27Cl2N3O5S. The summed E-state index contributed by atoms with van der Waals surface area (Å²) < 4.78 is 38.8. The molecule has 0 saturated heterocycles. The van der Waals surface area contributed by atoms with Gasteiger partial charge in [-0.3, -0.25) is 4.79 Å². The van der Waals surface area contributed by atoms with E-state index in [2.05, 4.69) is 17.1 Å². The molecule has 0 aromatic heterocycles. The number of hydrazone groups is 1. The molecule has 0 saturated carbocycles. The molecule has 0 fully saturated rings. The van der Waals surface area contributed by atoms with Crippen LogP contribution in [0.1, 0.15) is 16.7 Å². The number of nitrogens with one attached hydrogen (secondary N) is 1. The van der Waals surface area contributed by atoms with E-state index in [9.17, 15) is 13.2 Å². The summed E-state index contributed by atoms with van der Waals surface area (Å²) in [6, 6.07) is 16.3. The molecule has 0 aliphatic heterocycles. The zero-order valence-corrected chi connectivity index (χ0v) is 23.2. The summed E-state index contributed by atoms with van der Waals surface area (Å²) in [5, 5.41) is 4.53. The molecule has 0 spiro atoms. The van der Waals surface area contributed by atoms with Crippen molar-refractivity contribution in [3.8, 4) is 11.5 Å². The summed E-state index contributed by atoms with van der Waals surface area (Å²) in [5.41, 5.74) is 4.27. The SMILES string of the molecule is C=CCOc1ccc(/C=N\NC(=O)CN(Cc2c(Cl)cccc2Cl)S(=O)(=O)c2ccc(C)cc2)cc1OC. The van der Waals surface area contributed by atoms with Gasteiger partial charge in [0.2, 0.25) is 10.0 Å². The number of rotatable bonds is 12. The molecule has 0 radical (unpaired) electrons. The first-order valence-corrected chi connectivity index (χ1v) is 13.6. The third-order valence-corrected chi connectivity index (χ3v) is 7.84. The molecule has 0 atom stereocenters. The van der Waals surface area contributed by atoms with Crippen molar-refractivity contribution >= 4 is 45.3 Å². The van der Waals surface area contributed by atoms with E-state index in [4.69, 9.17) is 32.7 Å². The van der Waals surface area contributed by atoms with Gasteiger partial charge in [-0.05, 0) is 55.0 Å². The zero-order valence-electron chi connectivity index (χ0n) is 20.9. The van der Waals surface area contributed by atoms with E-state index >= 15 is 0 Å². The van der Waals surface area contributed by atoms with Crippen LogP contribution in [0.3, 0.4) is 0 Å². The van der Waals surface area contributed by atoms with Crippen LogP contribution < -0.4 is 14.9 Å². The fourth-order valence-corrected chi connectivity index (χ4v) is 5.23. The molecule has 0 unspecified atom stereocenters. The molecule has 11 heteroatoms. The van der Waals surface area contributed by atoms with Gasteiger partial charge in [0.1, 0.15) is 6.61 Å². The van der Waals surface area contributed by atoms with Crippen molar-refractivity contribution in [3.63, 3.8) is 0 Å². The summed E-state index contributed by atoms with van der Waals surface area (Å²) in [5.74, 6) is 0.357. The highest BCUT2D eigenvalue weighted by Crippen LogP contribution is 2.29. The lowest BCUT2D eigenvalue weighted by atomic mass is 10.2. The zero-order chi connectivity index (χ0) is 27.7. The smallest absolute Gasteiger partial charge is 0.255 e. The van der Waals surface area contributed by atoms with E-state index < -0.39 is 22.5 Å². The van der Waals surface area contributed by atoms with Crippen LogP contribution in [0.5, 0.6) is 11.5 Å². The highest BCUT2D eigenvalue weighted by molar-refractivity contribution is 7.89. The van der Waals surface area contributed by atoms with E-state index in [0.717, 1.165) is 9.87 Å². The van der Waals surface area contributed by atoms with Crippen molar-refractivity contribution in [1.29, 1.82) is 0 Å². The van der Waals surface area contributed by atoms with E-state index in [1.54, 1.807) is 54.6 Å². The Hall–Kier alpha value is -3.37. The number of halogens is 2. The van der Waals surface area contributed by atoms with Crippen LogP contribution >= 0.6 is 23.2 Å². The molecule has 200 valence electrons. The second-order valence-electron chi connectivity index (χ2n) is 8.09. The van der Waals surface area contributed by atoms with Gasteiger partial charge in [0.15, 0.2) is 11.5 Å². The topological polar surface area (TPSA) is 97.3 Å². The number of benzene rings is 3. The number of carbonyl (C=O) groups is 1. The number of hydrogen-bond donors (Lipinski definition) is 1. The number of ether oxygens (including phenoxy) is 2. The van der Waals surface area contributed by atoms with Crippen molar-refractivity contribution in [2.24, 2.45) is 5.10 Å². The summed E-state index contributed by atoms with van der Waals surface area (Å²) >= 11 is 12.6. The molecule has 1 N–H and O–H groups in total. The monoisotopic (exact) mass is 575 g/mol. The van der Waals surface area contributed by atoms with Crippen molar-refractivity contribution in [1.82, 2.24) is 9.73 Å². The number of amides is 1. The molecule has 3 aromatic carbocycles. The lowest BCUT2D eigenvalue weighted by Gasteiger charge is -2.22. The number of nitrogens with zero attached hydrogens (tertiary/aromatic N) is 2. The second kappa shape index (κ2) is 13.4. The maximum absolute atomic E-state index is 13.5. The van der Waals surface area contributed by atoms with Crippen molar-refractivity contribution < 1.29 is 22.7 Å². The molecule has 38 heavy (non-hydrogen) atoms. The Balaban J connectivity index is 1.80. The predicted octanol–water partition coefficient (Wildman–Crippen LogP) is 5.22. The van der Waals surface area contributed by atoms with E-state index in [1.165, 1.54) is 25.5 Å². The van der Waals surface area contributed by atoms with Gasteiger partial charge >= 0.3 is 0 Å². The number of aryl methyl sites for hydroxylation is 1. The quantitative estimate of drug-likeness (QED) is 0.181. The number of sulfonamides is 1. The van der Waals surface area contributed by atoms with Gasteiger partial charge < -0.3 is 9.47 Å². The Labute approximate surface area is 232 Å². The Bertz CT molecular complexity index is 1410. The van der Waals surface area contributed by atoms with Crippen LogP contribution in [0.4, 0.5) is 0 Å². The predicted molar refractivity (Wildman–Crippen MR) is 150 cm³/mol. The van der Waals surface area contributed by atoms with Gasteiger partial charge in [0.25, 0.3) is 5.91 Å².